The summed E-state index contributed by atoms with van der Waals surface area (Å²) in [6.45, 7) is 3.19. The number of fused-ring (bicyclic) bond motifs is 1. The zero-order valence-electron chi connectivity index (χ0n) is 11.7. The lowest BCUT2D eigenvalue weighted by molar-refractivity contribution is -0.178. The van der Waals surface area contributed by atoms with Gasteiger partial charge in [0, 0.05) is 17.5 Å². The molecule has 0 bridgehead atoms. The van der Waals surface area contributed by atoms with Gasteiger partial charge in [0.2, 0.25) is 6.36 Å². The van der Waals surface area contributed by atoms with E-state index in [0.29, 0.717) is 16.9 Å². The molecule has 0 amide bonds. The first kappa shape index (κ1) is 15.8. The Kier molecular flexibility index (Phi) is 4.00. The number of rotatable bonds is 4. The Balaban J connectivity index is 2.33. The van der Waals surface area contributed by atoms with E-state index in [1.165, 1.54) is 0 Å². The molecule has 2 nitrogen and oxygen atoms in total. The maximum absolute atomic E-state index is 13.3. The maximum Gasteiger partial charge on any atom is 0.398 e. The fourth-order valence-electron chi connectivity index (χ4n) is 2.66. The molecule has 2 atom stereocenters. The quantitative estimate of drug-likeness (QED) is 0.621. The molecule has 1 aliphatic rings. The van der Waals surface area contributed by atoms with Crippen LogP contribution >= 0.6 is 0 Å². The van der Waals surface area contributed by atoms with Crippen LogP contribution < -0.4 is 4.74 Å². The number of hydrogen-bond acceptors (Lipinski definition) is 2. The fraction of sp³-hybridized carbons (Fsp3) is 0.533. The van der Waals surface area contributed by atoms with Gasteiger partial charge < -0.3 is 9.53 Å². The Hall–Kier alpha value is -1.59. The van der Waals surface area contributed by atoms with Crippen molar-refractivity contribution in [2.75, 3.05) is 0 Å². The zero-order valence-corrected chi connectivity index (χ0v) is 11.7. The van der Waals surface area contributed by atoms with Crippen LogP contribution in [0.4, 0.5) is 17.6 Å². The highest BCUT2D eigenvalue weighted by atomic mass is 19.4. The first-order chi connectivity index (χ1) is 9.65. The third-order valence-electron chi connectivity index (χ3n) is 3.77. The SMILES string of the molecule is CC(C)(CC(C=O)C(F)(F)F)c1cccc2c1OC(F)C2. The summed E-state index contributed by atoms with van der Waals surface area (Å²) in [6, 6.07) is 4.98. The highest BCUT2D eigenvalue weighted by molar-refractivity contribution is 5.56. The molecule has 2 rings (SSSR count). The topological polar surface area (TPSA) is 26.3 Å². The van der Waals surface area contributed by atoms with Crippen LogP contribution in [0.5, 0.6) is 5.75 Å². The first-order valence-electron chi connectivity index (χ1n) is 6.60. The van der Waals surface area contributed by atoms with Gasteiger partial charge in [-0.3, -0.25) is 0 Å². The van der Waals surface area contributed by atoms with Crippen molar-refractivity contribution in [2.24, 2.45) is 5.92 Å². The van der Waals surface area contributed by atoms with Crippen molar-refractivity contribution in [3.63, 3.8) is 0 Å². The highest BCUT2D eigenvalue weighted by Gasteiger charge is 2.44. The van der Waals surface area contributed by atoms with Crippen LogP contribution in [0.3, 0.4) is 0 Å². The van der Waals surface area contributed by atoms with E-state index in [1.807, 2.05) is 0 Å². The Bertz CT molecular complexity index is 537. The molecule has 0 spiro atoms. The minimum absolute atomic E-state index is 0.0796. The van der Waals surface area contributed by atoms with Gasteiger partial charge in [0.25, 0.3) is 0 Å². The van der Waals surface area contributed by atoms with Crippen LogP contribution in [-0.2, 0) is 16.6 Å². The Labute approximate surface area is 120 Å². The number of aldehydes is 1. The van der Waals surface area contributed by atoms with Crippen LogP contribution in [0.2, 0.25) is 0 Å². The largest absolute Gasteiger partial charge is 0.459 e. The molecule has 0 fully saturated rings. The predicted octanol–water partition coefficient (Wildman–Crippen LogP) is 3.96. The molecule has 6 heteroatoms. The summed E-state index contributed by atoms with van der Waals surface area (Å²) in [5.41, 5.74) is 0.176. The Morgan fingerprint density at radius 2 is 2.05 bits per heavy atom. The summed E-state index contributed by atoms with van der Waals surface area (Å²) >= 11 is 0. The molecule has 0 radical (unpaired) electrons. The minimum Gasteiger partial charge on any atom is -0.459 e. The highest BCUT2D eigenvalue weighted by Crippen LogP contribution is 2.44. The standard InChI is InChI=1S/C15H16F4O2/c1-14(2,7-10(8-20)15(17,18)19)11-5-3-4-9-6-12(16)21-13(9)11/h3-5,8,10,12H,6-7H2,1-2H3. The molecule has 0 saturated carbocycles. The van der Waals surface area contributed by atoms with Crippen molar-refractivity contribution < 1.29 is 27.1 Å². The number of carbonyl (C=O) groups excluding carboxylic acids is 1. The monoisotopic (exact) mass is 304 g/mol. The normalized spacial score (nSPS) is 19.8. The summed E-state index contributed by atoms with van der Waals surface area (Å²) in [7, 11) is 0. The first-order valence-corrected chi connectivity index (χ1v) is 6.60. The van der Waals surface area contributed by atoms with E-state index in [1.54, 1.807) is 32.0 Å². The molecule has 21 heavy (non-hydrogen) atoms. The van der Waals surface area contributed by atoms with Gasteiger partial charge in [-0.15, -0.1) is 0 Å². The van der Waals surface area contributed by atoms with Crippen LogP contribution in [0.25, 0.3) is 0 Å². The fourth-order valence-corrected chi connectivity index (χ4v) is 2.66. The predicted molar refractivity (Wildman–Crippen MR) is 68.9 cm³/mol. The van der Waals surface area contributed by atoms with E-state index in [9.17, 15) is 22.4 Å². The molecule has 0 N–H and O–H groups in total. The van der Waals surface area contributed by atoms with Gasteiger partial charge in [-0.2, -0.15) is 13.2 Å². The van der Waals surface area contributed by atoms with Gasteiger partial charge in [0.05, 0.1) is 0 Å². The van der Waals surface area contributed by atoms with Gasteiger partial charge in [-0.1, -0.05) is 32.0 Å². The summed E-state index contributed by atoms with van der Waals surface area (Å²) in [4.78, 5) is 10.7. The van der Waals surface area contributed by atoms with Crippen LogP contribution in [-0.4, -0.2) is 18.8 Å². The molecule has 1 aromatic carbocycles. The average molecular weight is 304 g/mol. The van der Waals surface area contributed by atoms with Gasteiger partial charge in [0.1, 0.15) is 18.0 Å². The lowest BCUT2D eigenvalue weighted by atomic mass is 9.76. The molecular formula is C15H16F4O2. The van der Waals surface area contributed by atoms with Crippen LogP contribution in [0.15, 0.2) is 18.2 Å². The molecular weight excluding hydrogens is 288 g/mol. The van der Waals surface area contributed by atoms with E-state index < -0.39 is 30.3 Å². The third kappa shape index (κ3) is 3.19. The van der Waals surface area contributed by atoms with Gasteiger partial charge in [-0.05, 0) is 11.8 Å². The van der Waals surface area contributed by atoms with Crippen molar-refractivity contribution in [1.82, 2.24) is 0 Å². The second-order valence-corrected chi connectivity index (χ2v) is 5.90. The van der Waals surface area contributed by atoms with E-state index in [0.717, 1.165) is 0 Å². The maximum atomic E-state index is 13.3. The Morgan fingerprint density at radius 3 is 2.62 bits per heavy atom. The van der Waals surface area contributed by atoms with E-state index in [-0.39, 0.29) is 12.7 Å². The molecule has 0 saturated heterocycles. The second-order valence-electron chi connectivity index (χ2n) is 5.90. The molecule has 1 aliphatic heterocycles. The summed E-state index contributed by atoms with van der Waals surface area (Å²) in [6.07, 6.45) is -6.45. The van der Waals surface area contributed by atoms with Crippen LogP contribution in [0.1, 0.15) is 31.4 Å². The number of benzene rings is 1. The number of hydrogen-bond donors (Lipinski definition) is 0. The summed E-state index contributed by atoms with van der Waals surface area (Å²) in [5.74, 6) is -1.74. The summed E-state index contributed by atoms with van der Waals surface area (Å²) in [5, 5.41) is 0. The molecule has 1 aromatic rings. The van der Waals surface area contributed by atoms with Crippen molar-refractivity contribution in [3.8, 4) is 5.75 Å². The Morgan fingerprint density at radius 1 is 1.38 bits per heavy atom. The molecule has 0 aliphatic carbocycles. The van der Waals surface area contributed by atoms with Crippen molar-refractivity contribution >= 4 is 6.29 Å². The van der Waals surface area contributed by atoms with Gasteiger partial charge in [-0.25, -0.2) is 4.39 Å². The van der Waals surface area contributed by atoms with Crippen molar-refractivity contribution in [1.29, 1.82) is 0 Å². The number of halogens is 4. The average Bonchev–Trinajstić information content (AvgIpc) is 2.74. The molecule has 0 aromatic heterocycles. The zero-order chi connectivity index (χ0) is 15.8. The minimum atomic E-state index is -4.58. The van der Waals surface area contributed by atoms with Crippen LogP contribution in [0, 0.1) is 5.92 Å². The van der Waals surface area contributed by atoms with Gasteiger partial charge >= 0.3 is 6.18 Å². The number of carbonyl (C=O) groups is 1. The van der Waals surface area contributed by atoms with Gasteiger partial charge in [0.15, 0.2) is 0 Å². The smallest absolute Gasteiger partial charge is 0.398 e. The molecule has 2 unspecified atom stereocenters. The van der Waals surface area contributed by atoms with E-state index >= 15 is 0 Å². The van der Waals surface area contributed by atoms with E-state index in [4.69, 9.17) is 4.74 Å². The van der Waals surface area contributed by atoms with Crippen molar-refractivity contribution in [2.45, 2.75) is 44.6 Å². The number of ether oxygens (including phenoxy) is 1. The molecule has 1 heterocycles. The summed E-state index contributed by atoms with van der Waals surface area (Å²) < 4.78 is 56.8. The number of para-hydroxylation sites is 1. The molecule has 116 valence electrons. The van der Waals surface area contributed by atoms with Crippen molar-refractivity contribution in [3.05, 3.63) is 29.3 Å². The lowest BCUT2D eigenvalue weighted by Gasteiger charge is -2.30. The lowest BCUT2D eigenvalue weighted by Crippen LogP contribution is -2.32. The number of alkyl halides is 4. The third-order valence-corrected chi connectivity index (χ3v) is 3.77. The second kappa shape index (κ2) is 5.31. The van der Waals surface area contributed by atoms with E-state index in [2.05, 4.69) is 0 Å².